The van der Waals surface area contributed by atoms with Crippen LogP contribution < -0.4 is 5.73 Å². The van der Waals surface area contributed by atoms with E-state index in [9.17, 15) is 4.79 Å². The lowest BCUT2D eigenvalue weighted by molar-refractivity contribution is -0.147. The average Bonchev–Trinajstić information content (AvgIpc) is 3.02. The summed E-state index contributed by atoms with van der Waals surface area (Å²) in [4.78, 5) is 11.6. The minimum Gasteiger partial charge on any atom is -0.469 e. The van der Waals surface area contributed by atoms with E-state index in [0.29, 0.717) is 0 Å². The molecule has 0 saturated heterocycles. The van der Waals surface area contributed by atoms with E-state index in [1.165, 1.54) is 7.11 Å². The Balaban J connectivity index is 2.10. The second kappa shape index (κ2) is 3.91. The summed E-state index contributed by atoms with van der Waals surface area (Å²) in [5.41, 5.74) is 6.86. The molecule has 1 aromatic rings. The van der Waals surface area contributed by atoms with Gasteiger partial charge in [0.2, 0.25) is 0 Å². The number of methoxy groups -OCH3 is 1. The Morgan fingerprint density at radius 3 is 2.69 bits per heavy atom. The van der Waals surface area contributed by atoms with Gasteiger partial charge in [-0.3, -0.25) is 4.79 Å². The predicted octanol–water partition coefficient (Wildman–Crippen LogP) is 1.89. The van der Waals surface area contributed by atoms with Crippen molar-refractivity contribution in [1.82, 2.24) is 0 Å². The molecule has 0 radical (unpaired) electrons. The minimum atomic E-state index is -0.385. The summed E-state index contributed by atoms with van der Waals surface area (Å²) in [6.07, 6.45) is 0.815. The van der Waals surface area contributed by atoms with Gasteiger partial charge in [-0.25, -0.2) is 0 Å². The van der Waals surface area contributed by atoms with Crippen molar-refractivity contribution in [3.8, 4) is 0 Å². The van der Waals surface area contributed by atoms with Crippen LogP contribution >= 0.6 is 0 Å². The summed E-state index contributed by atoms with van der Waals surface area (Å²) >= 11 is 0. The van der Waals surface area contributed by atoms with E-state index in [1.54, 1.807) is 0 Å². The van der Waals surface area contributed by atoms with Gasteiger partial charge < -0.3 is 10.5 Å². The maximum absolute atomic E-state index is 11.6. The highest BCUT2D eigenvalue weighted by molar-refractivity contribution is 5.80. The van der Waals surface area contributed by atoms with Gasteiger partial charge >= 0.3 is 5.97 Å². The van der Waals surface area contributed by atoms with Crippen LogP contribution in [0.2, 0.25) is 0 Å². The van der Waals surface area contributed by atoms with Gasteiger partial charge in [0.05, 0.1) is 12.5 Å². The number of esters is 1. The maximum atomic E-state index is 11.6. The maximum Gasteiger partial charge on any atom is 0.311 e. The molecule has 3 heteroatoms. The van der Waals surface area contributed by atoms with Crippen molar-refractivity contribution in [2.45, 2.75) is 19.4 Å². The summed E-state index contributed by atoms with van der Waals surface area (Å²) in [5, 5.41) is 0. The Labute approximate surface area is 95.6 Å². The number of ether oxygens (including phenoxy) is 1. The molecule has 0 heterocycles. The van der Waals surface area contributed by atoms with Crippen LogP contribution in [0.5, 0.6) is 0 Å². The Bertz CT molecular complexity index is 390. The highest BCUT2D eigenvalue weighted by Crippen LogP contribution is 2.58. The molecule has 1 aliphatic carbocycles. The molecular weight excluding hydrogens is 202 g/mol. The van der Waals surface area contributed by atoms with Gasteiger partial charge in [0.15, 0.2) is 0 Å². The lowest BCUT2D eigenvalue weighted by Gasteiger charge is -2.15. The van der Waals surface area contributed by atoms with E-state index in [0.717, 1.165) is 12.0 Å². The number of nitrogens with two attached hydrogens (primary N) is 1. The molecule has 0 amide bonds. The first kappa shape index (κ1) is 11.1. The summed E-state index contributed by atoms with van der Waals surface area (Å²) in [5.74, 6) is 0.0474. The number of carbonyl (C=O) groups excluding carboxylic acids is 1. The van der Waals surface area contributed by atoms with Crippen LogP contribution in [0, 0.1) is 11.3 Å². The van der Waals surface area contributed by atoms with Crippen LogP contribution in [-0.2, 0) is 9.53 Å². The molecule has 2 rings (SSSR count). The quantitative estimate of drug-likeness (QED) is 0.790. The van der Waals surface area contributed by atoms with Gasteiger partial charge in [0, 0.05) is 6.04 Å². The molecule has 0 aliphatic heterocycles. The number of hydrogen-bond donors (Lipinski definition) is 1. The standard InChI is InChI=1S/C13H17NO2/c1-13(12(15)16-2)8-10(13)11(14)9-6-4-3-5-7-9/h3-7,10-11H,8,14H2,1-2H3/t10-,11+,13+/m1/s1. The van der Waals surface area contributed by atoms with Crippen molar-refractivity contribution >= 4 is 5.97 Å². The molecule has 1 aromatic carbocycles. The van der Waals surface area contributed by atoms with Crippen LogP contribution in [-0.4, -0.2) is 13.1 Å². The number of rotatable bonds is 3. The highest BCUT2D eigenvalue weighted by atomic mass is 16.5. The number of carbonyl (C=O) groups is 1. The SMILES string of the molecule is COC(=O)[C@@]1(C)C[C@@H]1[C@@H](N)c1ccccc1. The van der Waals surface area contributed by atoms with E-state index in [2.05, 4.69) is 0 Å². The van der Waals surface area contributed by atoms with E-state index in [4.69, 9.17) is 10.5 Å². The van der Waals surface area contributed by atoms with Crippen molar-refractivity contribution < 1.29 is 9.53 Å². The first-order valence-electron chi connectivity index (χ1n) is 5.48. The molecular formula is C13H17NO2. The Hall–Kier alpha value is -1.35. The largest absolute Gasteiger partial charge is 0.469 e. The third-order valence-corrected chi connectivity index (χ3v) is 3.57. The fourth-order valence-electron chi connectivity index (χ4n) is 2.30. The summed E-state index contributed by atoms with van der Waals surface area (Å²) < 4.78 is 4.80. The fraction of sp³-hybridized carbons (Fsp3) is 0.462. The Kier molecular flexibility index (Phi) is 2.72. The number of hydrogen-bond acceptors (Lipinski definition) is 3. The van der Waals surface area contributed by atoms with Gasteiger partial charge in [0.25, 0.3) is 0 Å². The van der Waals surface area contributed by atoms with Gasteiger partial charge in [-0.2, -0.15) is 0 Å². The fourth-order valence-corrected chi connectivity index (χ4v) is 2.30. The summed E-state index contributed by atoms with van der Waals surface area (Å²) in [7, 11) is 1.43. The first-order valence-corrected chi connectivity index (χ1v) is 5.48. The van der Waals surface area contributed by atoms with E-state index < -0.39 is 0 Å². The molecule has 2 N–H and O–H groups in total. The second-order valence-corrected chi connectivity index (χ2v) is 4.66. The van der Waals surface area contributed by atoms with Gasteiger partial charge in [-0.15, -0.1) is 0 Å². The van der Waals surface area contributed by atoms with Gasteiger partial charge in [-0.1, -0.05) is 30.3 Å². The molecule has 0 bridgehead atoms. The molecule has 3 nitrogen and oxygen atoms in total. The van der Waals surface area contributed by atoms with Gasteiger partial charge in [0.1, 0.15) is 0 Å². The van der Waals surface area contributed by atoms with Crippen molar-refractivity contribution in [1.29, 1.82) is 0 Å². The van der Waals surface area contributed by atoms with E-state index in [1.807, 2.05) is 37.3 Å². The lowest BCUT2D eigenvalue weighted by atomic mass is 9.97. The Morgan fingerprint density at radius 2 is 2.12 bits per heavy atom. The second-order valence-electron chi connectivity index (χ2n) is 4.66. The average molecular weight is 219 g/mol. The zero-order valence-corrected chi connectivity index (χ0v) is 9.64. The van der Waals surface area contributed by atoms with E-state index in [-0.39, 0.29) is 23.3 Å². The minimum absolute atomic E-state index is 0.0784. The Morgan fingerprint density at radius 1 is 1.50 bits per heavy atom. The summed E-state index contributed by atoms with van der Waals surface area (Å²) in [6.45, 7) is 1.92. The van der Waals surface area contributed by atoms with Crippen LogP contribution in [0.25, 0.3) is 0 Å². The highest BCUT2D eigenvalue weighted by Gasteiger charge is 2.59. The molecule has 1 aliphatic rings. The third-order valence-electron chi connectivity index (χ3n) is 3.57. The molecule has 1 saturated carbocycles. The van der Waals surface area contributed by atoms with Crippen LogP contribution in [0.1, 0.15) is 24.9 Å². The van der Waals surface area contributed by atoms with Crippen molar-refractivity contribution in [3.05, 3.63) is 35.9 Å². The van der Waals surface area contributed by atoms with Crippen LogP contribution in [0.15, 0.2) is 30.3 Å². The van der Waals surface area contributed by atoms with E-state index >= 15 is 0 Å². The van der Waals surface area contributed by atoms with Crippen molar-refractivity contribution in [3.63, 3.8) is 0 Å². The normalized spacial score (nSPS) is 29.6. The molecule has 16 heavy (non-hydrogen) atoms. The van der Waals surface area contributed by atoms with Crippen molar-refractivity contribution in [2.24, 2.45) is 17.1 Å². The van der Waals surface area contributed by atoms with Gasteiger partial charge in [-0.05, 0) is 24.8 Å². The van der Waals surface area contributed by atoms with Crippen LogP contribution in [0.4, 0.5) is 0 Å². The van der Waals surface area contributed by atoms with Crippen molar-refractivity contribution in [2.75, 3.05) is 7.11 Å². The molecule has 0 unspecified atom stereocenters. The molecule has 1 fully saturated rings. The first-order chi connectivity index (χ1) is 7.59. The molecule has 0 spiro atoms. The molecule has 0 aromatic heterocycles. The predicted molar refractivity (Wildman–Crippen MR) is 61.6 cm³/mol. The summed E-state index contributed by atoms with van der Waals surface area (Å²) in [6, 6.07) is 9.81. The number of benzene rings is 1. The molecule has 3 atom stereocenters. The smallest absolute Gasteiger partial charge is 0.311 e. The molecule has 86 valence electrons. The topological polar surface area (TPSA) is 52.3 Å². The lowest BCUT2D eigenvalue weighted by Crippen LogP contribution is -2.22. The monoisotopic (exact) mass is 219 g/mol. The van der Waals surface area contributed by atoms with Crippen LogP contribution in [0.3, 0.4) is 0 Å². The zero-order valence-electron chi connectivity index (χ0n) is 9.64. The zero-order chi connectivity index (χ0) is 11.8. The third kappa shape index (κ3) is 1.71.